The molecule has 0 saturated carbocycles. The van der Waals surface area contributed by atoms with Crippen LogP contribution in [0.3, 0.4) is 0 Å². The zero-order chi connectivity index (χ0) is 26.8. The monoisotopic (exact) mass is 557 g/mol. The molecule has 2 aliphatic rings. The highest BCUT2D eigenvalue weighted by atomic mass is 32.2. The Morgan fingerprint density at radius 3 is 2.24 bits per heavy atom. The van der Waals surface area contributed by atoms with E-state index >= 15 is 0 Å². The van der Waals surface area contributed by atoms with Gasteiger partial charge < -0.3 is 14.8 Å². The molecule has 10 nitrogen and oxygen atoms in total. The number of hydrogen-bond donors (Lipinski definition) is 1. The summed E-state index contributed by atoms with van der Waals surface area (Å²) >= 11 is 0. The quantitative estimate of drug-likeness (QED) is 0.474. The number of amides is 1. The van der Waals surface area contributed by atoms with Gasteiger partial charge in [-0.3, -0.25) is 9.10 Å². The van der Waals surface area contributed by atoms with Crippen LogP contribution in [0, 0.1) is 0 Å². The van der Waals surface area contributed by atoms with Gasteiger partial charge in [0.2, 0.25) is 20.0 Å². The average molecular weight is 558 g/mol. The molecule has 12 heteroatoms. The van der Waals surface area contributed by atoms with Crippen molar-refractivity contribution in [1.82, 2.24) is 4.31 Å². The number of nitrogens with one attached hydrogen (secondary N) is 1. The highest BCUT2D eigenvalue weighted by Gasteiger charge is 2.37. The molecule has 0 radical (unpaired) electrons. The van der Waals surface area contributed by atoms with Crippen LogP contribution in [0.5, 0.6) is 5.75 Å². The maximum Gasteiger partial charge on any atom is 0.267 e. The van der Waals surface area contributed by atoms with E-state index in [1.165, 1.54) is 32.9 Å². The van der Waals surface area contributed by atoms with Gasteiger partial charge in [-0.25, -0.2) is 16.8 Å². The van der Waals surface area contributed by atoms with Gasteiger partial charge in [-0.05, 0) is 42.0 Å². The Balaban J connectivity index is 1.32. The first-order valence-corrected chi connectivity index (χ1v) is 15.1. The minimum Gasteiger partial charge on any atom is -0.476 e. The number of morpholine rings is 1. The van der Waals surface area contributed by atoms with Gasteiger partial charge >= 0.3 is 0 Å². The van der Waals surface area contributed by atoms with Crippen LogP contribution >= 0.6 is 0 Å². The molecule has 0 spiro atoms. The molecule has 38 heavy (non-hydrogen) atoms. The van der Waals surface area contributed by atoms with Crippen molar-refractivity contribution in [2.45, 2.75) is 16.8 Å². The summed E-state index contributed by atoms with van der Waals surface area (Å²) in [6, 6.07) is 21.3. The number of nitrogens with zero attached hydrogens (tertiary/aromatic N) is 2. The number of rotatable bonds is 7. The Morgan fingerprint density at radius 1 is 0.868 bits per heavy atom. The van der Waals surface area contributed by atoms with Crippen LogP contribution < -0.4 is 14.4 Å². The molecular weight excluding hydrogens is 530 g/mol. The first-order valence-electron chi connectivity index (χ1n) is 12.0. The number of para-hydroxylation sites is 2. The van der Waals surface area contributed by atoms with Crippen molar-refractivity contribution in [3.63, 3.8) is 0 Å². The highest BCUT2D eigenvalue weighted by molar-refractivity contribution is 7.92. The molecule has 1 amide bonds. The Morgan fingerprint density at radius 2 is 1.53 bits per heavy atom. The topological polar surface area (TPSA) is 122 Å². The predicted octanol–water partition coefficient (Wildman–Crippen LogP) is 2.44. The van der Waals surface area contributed by atoms with E-state index in [-0.39, 0.29) is 36.0 Å². The van der Waals surface area contributed by atoms with Crippen LogP contribution in [0.25, 0.3) is 0 Å². The largest absolute Gasteiger partial charge is 0.476 e. The summed E-state index contributed by atoms with van der Waals surface area (Å²) in [7, 11) is -7.50. The van der Waals surface area contributed by atoms with Crippen molar-refractivity contribution in [1.29, 1.82) is 0 Å². The molecular formula is C26H27N3O7S2. The van der Waals surface area contributed by atoms with Gasteiger partial charge in [-0.15, -0.1) is 0 Å². The van der Waals surface area contributed by atoms with Crippen LogP contribution in [0.1, 0.15) is 5.56 Å². The molecule has 1 fully saturated rings. The summed E-state index contributed by atoms with van der Waals surface area (Å²) in [6.45, 7) is 1.05. The van der Waals surface area contributed by atoms with Gasteiger partial charge in [0.1, 0.15) is 5.75 Å². The normalized spacial score (nSPS) is 18.3. The number of benzene rings is 3. The third kappa shape index (κ3) is 5.53. The number of sulfonamides is 2. The summed E-state index contributed by atoms with van der Waals surface area (Å²) < 4.78 is 66.1. The zero-order valence-electron chi connectivity index (χ0n) is 20.4. The summed E-state index contributed by atoms with van der Waals surface area (Å²) in [5.41, 5.74) is 1.35. The third-order valence-electron chi connectivity index (χ3n) is 6.28. The number of anilines is 2. The molecule has 1 N–H and O–H groups in total. The van der Waals surface area contributed by atoms with E-state index in [1.807, 2.05) is 6.07 Å². The minimum absolute atomic E-state index is 0.110. The molecule has 3 aromatic carbocycles. The van der Waals surface area contributed by atoms with Gasteiger partial charge in [0.05, 0.1) is 36.1 Å². The summed E-state index contributed by atoms with van der Waals surface area (Å²) in [5.74, 6) is -0.499. The molecule has 200 valence electrons. The molecule has 0 aliphatic carbocycles. The van der Waals surface area contributed by atoms with Gasteiger partial charge in [0.25, 0.3) is 5.91 Å². The molecule has 3 aromatic rings. The number of hydrogen-bond acceptors (Lipinski definition) is 7. The van der Waals surface area contributed by atoms with Crippen molar-refractivity contribution in [3.8, 4) is 5.75 Å². The fourth-order valence-corrected chi connectivity index (χ4v) is 7.32. The zero-order valence-corrected chi connectivity index (χ0v) is 22.0. The van der Waals surface area contributed by atoms with Gasteiger partial charge in [0, 0.05) is 18.8 Å². The molecule has 0 aromatic heterocycles. The van der Waals surface area contributed by atoms with E-state index < -0.39 is 32.1 Å². The lowest BCUT2D eigenvalue weighted by Gasteiger charge is -2.34. The third-order valence-corrected chi connectivity index (χ3v) is 9.91. The Labute approximate surface area is 221 Å². The Bertz CT molecular complexity index is 1510. The van der Waals surface area contributed by atoms with Crippen molar-refractivity contribution < 1.29 is 31.1 Å². The van der Waals surface area contributed by atoms with Gasteiger partial charge in [-0.2, -0.15) is 4.31 Å². The second-order valence-corrected chi connectivity index (χ2v) is 12.7. The first-order chi connectivity index (χ1) is 18.2. The van der Waals surface area contributed by atoms with E-state index in [1.54, 1.807) is 48.5 Å². The summed E-state index contributed by atoms with van der Waals surface area (Å²) in [4.78, 5) is 13.2. The van der Waals surface area contributed by atoms with Crippen molar-refractivity contribution in [3.05, 3.63) is 84.4 Å². The lowest BCUT2D eigenvalue weighted by atomic mass is 10.2. The van der Waals surface area contributed by atoms with E-state index in [0.717, 1.165) is 0 Å². The molecule has 1 atom stereocenters. The van der Waals surface area contributed by atoms with Crippen molar-refractivity contribution in [2.75, 3.05) is 42.5 Å². The maximum atomic E-state index is 13.4. The second kappa shape index (κ2) is 10.7. The Kier molecular flexibility index (Phi) is 7.39. The average Bonchev–Trinajstić information content (AvgIpc) is 2.93. The fourth-order valence-electron chi connectivity index (χ4n) is 4.33. The number of carbonyl (C=O) groups excluding carboxylic acids is 1. The maximum absolute atomic E-state index is 13.4. The van der Waals surface area contributed by atoms with E-state index in [0.29, 0.717) is 30.2 Å². The Hall–Kier alpha value is -3.45. The van der Waals surface area contributed by atoms with Crippen molar-refractivity contribution >= 4 is 37.3 Å². The minimum atomic E-state index is -3.83. The van der Waals surface area contributed by atoms with Crippen LogP contribution in [0.15, 0.2) is 83.8 Å². The van der Waals surface area contributed by atoms with E-state index in [2.05, 4.69) is 5.32 Å². The predicted molar refractivity (Wildman–Crippen MR) is 142 cm³/mol. The second-order valence-electron chi connectivity index (χ2n) is 8.88. The standard InChI is InChI=1S/C26H27N3O7S2/c30-26(27-21-10-12-22(13-11-21)38(33,34)28-14-16-35-17-15-28)25-18-29(23-8-4-5-9-24(23)36-25)37(31,32)19-20-6-2-1-3-7-20/h1-13,25H,14-19H2,(H,27,30)/t25-/m1/s1. The van der Waals surface area contributed by atoms with Crippen LogP contribution in [0.4, 0.5) is 11.4 Å². The van der Waals surface area contributed by atoms with Crippen LogP contribution in [-0.4, -0.2) is 66.0 Å². The number of carbonyl (C=O) groups is 1. The van der Waals surface area contributed by atoms with Crippen LogP contribution in [0.2, 0.25) is 0 Å². The fraction of sp³-hybridized carbons (Fsp3) is 0.269. The number of fused-ring (bicyclic) bond motifs is 1. The summed E-state index contributed by atoms with van der Waals surface area (Å²) in [5, 5.41) is 2.71. The molecule has 0 unspecified atom stereocenters. The van der Waals surface area contributed by atoms with Gasteiger partial charge in [0.15, 0.2) is 6.10 Å². The smallest absolute Gasteiger partial charge is 0.267 e. The molecule has 1 saturated heterocycles. The molecule has 0 bridgehead atoms. The van der Waals surface area contributed by atoms with Gasteiger partial charge in [-0.1, -0.05) is 42.5 Å². The highest BCUT2D eigenvalue weighted by Crippen LogP contribution is 2.36. The molecule has 5 rings (SSSR count). The van der Waals surface area contributed by atoms with Crippen LogP contribution in [-0.2, 0) is 35.3 Å². The summed E-state index contributed by atoms with van der Waals surface area (Å²) in [6.07, 6.45) is -1.12. The molecule has 2 aliphatic heterocycles. The first kappa shape index (κ1) is 26.2. The van der Waals surface area contributed by atoms with E-state index in [4.69, 9.17) is 9.47 Å². The molecule has 2 heterocycles. The lowest BCUT2D eigenvalue weighted by Crippen LogP contribution is -2.49. The number of ether oxygens (including phenoxy) is 2. The van der Waals surface area contributed by atoms with E-state index in [9.17, 15) is 21.6 Å². The van der Waals surface area contributed by atoms with Crippen molar-refractivity contribution in [2.24, 2.45) is 0 Å². The lowest BCUT2D eigenvalue weighted by molar-refractivity contribution is -0.122. The SMILES string of the molecule is O=C(Nc1ccc(S(=O)(=O)N2CCOCC2)cc1)[C@H]1CN(S(=O)(=O)Cc2ccccc2)c2ccccc2O1.